The lowest BCUT2D eigenvalue weighted by Gasteiger charge is -2.13. The maximum Gasteiger partial charge on any atom is 0.377 e. The summed E-state index contributed by atoms with van der Waals surface area (Å²) in [4.78, 5) is 3.85. The summed E-state index contributed by atoms with van der Waals surface area (Å²) < 4.78 is 8.81. The molecule has 3 aliphatic heterocycles. The molecule has 4 heteroatoms. The van der Waals surface area contributed by atoms with Crippen molar-refractivity contribution in [1.82, 2.24) is 0 Å². The van der Waals surface area contributed by atoms with Gasteiger partial charge in [0.15, 0.2) is 6.54 Å². The molecule has 0 saturated heterocycles. The molecule has 32 heavy (non-hydrogen) atoms. The van der Waals surface area contributed by atoms with Gasteiger partial charge >= 0.3 is 5.89 Å². The van der Waals surface area contributed by atoms with Crippen LogP contribution in [-0.4, -0.2) is 6.54 Å². The summed E-state index contributed by atoms with van der Waals surface area (Å²) in [5.74, 6) is 1.03. The highest BCUT2D eigenvalue weighted by Gasteiger charge is 2.34. The highest BCUT2D eigenvalue weighted by molar-refractivity contribution is 8.03. The maximum atomic E-state index is 6.43. The van der Waals surface area contributed by atoms with Crippen molar-refractivity contribution in [2.45, 2.75) is 30.7 Å². The third-order valence-corrected chi connectivity index (χ3v) is 7.99. The number of allylic oxidation sites excluding steroid dienone is 2. The van der Waals surface area contributed by atoms with Crippen molar-refractivity contribution in [2.75, 3.05) is 11.4 Å². The van der Waals surface area contributed by atoms with Crippen LogP contribution in [0.3, 0.4) is 0 Å². The van der Waals surface area contributed by atoms with Gasteiger partial charge in [-0.05, 0) is 53.8 Å². The fourth-order valence-electron chi connectivity index (χ4n) is 5.20. The van der Waals surface area contributed by atoms with Gasteiger partial charge in [0.1, 0.15) is 0 Å². The van der Waals surface area contributed by atoms with Crippen molar-refractivity contribution >= 4 is 34.1 Å². The zero-order valence-corrected chi connectivity index (χ0v) is 18.6. The van der Waals surface area contributed by atoms with E-state index >= 15 is 0 Å². The van der Waals surface area contributed by atoms with Gasteiger partial charge in [-0.2, -0.15) is 4.57 Å². The van der Waals surface area contributed by atoms with Crippen molar-refractivity contribution in [1.29, 1.82) is 0 Å². The van der Waals surface area contributed by atoms with Crippen LogP contribution in [0.5, 0.6) is 0 Å². The first-order valence-electron chi connectivity index (χ1n) is 11.4. The van der Waals surface area contributed by atoms with Crippen LogP contribution in [0.1, 0.15) is 25.2 Å². The van der Waals surface area contributed by atoms with Gasteiger partial charge in [0.25, 0.3) is 5.52 Å². The minimum absolute atomic E-state index is 0.973. The average molecular weight is 436 g/mol. The van der Waals surface area contributed by atoms with Crippen LogP contribution in [0.15, 0.2) is 98.8 Å². The number of hydrogen-bond acceptors (Lipinski definition) is 3. The van der Waals surface area contributed by atoms with Crippen LogP contribution in [-0.2, 0) is 6.54 Å². The molecule has 0 fully saturated rings. The summed E-state index contributed by atoms with van der Waals surface area (Å²) >= 11 is 1.91. The number of benzene rings is 3. The fourth-order valence-corrected chi connectivity index (χ4v) is 6.43. The van der Waals surface area contributed by atoms with E-state index in [4.69, 9.17) is 4.42 Å². The molecule has 1 aromatic heterocycles. The Morgan fingerprint density at radius 3 is 2.72 bits per heavy atom. The Morgan fingerprint density at radius 1 is 0.906 bits per heavy atom. The van der Waals surface area contributed by atoms with E-state index in [1.54, 1.807) is 0 Å². The second-order valence-corrected chi connectivity index (χ2v) is 9.71. The molecule has 4 heterocycles. The third kappa shape index (κ3) is 2.79. The van der Waals surface area contributed by atoms with E-state index in [-0.39, 0.29) is 0 Å². The highest BCUT2D eigenvalue weighted by Crippen LogP contribution is 2.51. The summed E-state index contributed by atoms with van der Waals surface area (Å²) in [7, 11) is 0. The largest absolute Gasteiger partial charge is 0.398 e. The van der Waals surface area contributed by atoms with Gasteiger partial charge in [-0.1, -0.05) is 60.3 Å². The van der Waals surface area contributed by atoms with Crippen LogP contribution in [0.2, 0.25) is 0 Å². The molecule has 0 unspecified atom stereocenters. The van der Waals surface area contributed by atoms with Crippen molar-refractivity contribution in [2.24, 2.45) is 0 Å². The molecule has 7 rings (SSSR count). The molecule has 3 aliphatic rings. The molecule has 3 nitrogen and oxygen atoms in total. The SMILES string of the molecule is C(=C1CCC[n+]2c1oc1ccc(-c3ccccc3)cc12)C1=C2Sc3ccccc3N2CC1. The third-order valence-electron chi connectivity index (χ3n) is 6.75. The minimum Gasteiger partial charge on any atom is -0.398 e. The number of hydrogen-bond donors (Lipinski definition) is 0. The molecular formula is C28H23N2OS+. The molecule has 0 aliphatic carbocycles. The van der Waals surface area contributed by atoms with E-state index in [2.05, 4.69) is 88.3 Å². The number of para-hydroxylation sites is 1. The predicted octanol–water partition coefficient (Wildman–Crippen LogP) is 6.79. The molecular weight excluding hydrogens is 412 g/mol. The number of nitrogens with zero attached hydrogens (tertiary/aromatic N) is 2. The first-order valence-corrected chi connectivity index (χ1v) is 12.2. The highest BCUT2D eigenvalue weighted by atomic mass is 32.2. The standard InChI is InChI=1S/C28H23N2OS/c1-2-7-19(8-3-1)20-12-13-25-24(18-20)29-15-6-9-21(27(29)31-25)17-22-14-16-30-23-10-4-5-11-26(23)32-28(22)30/h1-5,7-8,10-13,17-18H,6,9,14-16H2/q+1. The molecule has 3 aromatic carbocycles. The number of anilines is 1. The molecule has 0 bridgehead atoms. The van der Waals surface area contributed by atoms with Crippen molar-refractivity contribution in [3.63, 3.8) is 0 Å². The maximum absolute atomic E-state index is 6.43. The van der Waals surface area contributed by atoms with Gasteiger partial charge in [-0.3, -0.25) is 0 Å². The van der Waals surface area contributed by atoms with E-state index in [9.17, 15) is 0 Å². The van der Waals surface area contributed by atoms with Crippen molar-refractivity contribution in [3.05, 3.63) is 95.4 Å². The Labute approximate surface area is 191 Å². The molecule has 0 spiro atoms. The van der Waals surface area contributed by atoms with E-state index in [0.717, 1.165) is 43.8 Å². The number of thioether (sulfide) groups is 1. The van der Waals surface area contributed by atoms with Crippen LogP contribution in [0.4, 0.5) is 5.69 Å². The first kappa shape index (κ1) is 18.3. The average Bonchev–Trinajstić information content (AvgIpc) is 3.52. The summed E-state index contributed by atoms with van der Waals surface area (Å²) in [6, 6.07) is 25.9. The molecule has 4 aromatic rings. The van der Waals surface area contributed by atoms with E-state index in [1.807, 2.05) is 11.8 Å². The van der Waals surface area contributed by atoms with Crippen LogP contribution < -0.4 is 9.47 Å². The van der Waals surface area contributed by atoms with Gasteiger partial charge in [0, 0.05) is 23.9 Å². The minimum atomic E-state index is 0.973. The Hall–Kier alpha value is -3.24. The second-order valence-electron chi connectivity index (χ2n) is 8.68. The Balaban J connectivity index is 1.31. The summed E-state index contributed by atoms with van der Waals surface area (Å²) in [5.41, 5.74) is 8.78. The van der Waals surface area contributed by atoms with Crippen molar-refractivity contribution in [3.8, 4) is 11.1 Å². The first-order chi connectivity index (χ1) is 15.8. The van der Waals surface area contributed by atoms with Gasteiger partial charge < -0.3 is 9.32 Å². The van der Waals surface area contributed by atoms with Crippen LogP contribution in [0.25, 0.3) is 27.8 Å². The lowest BCUT2D eigenvalue weighted by atomic mass is 10.0. The van der Waals surface area contributed by atoms with E-state index in [1.165, 1.54) is 43.4 Å². The second kappa shape index (κ2) is 7.14. The Bertz CT molecular complexity index is 1430. The molecule has 156 valence electrons. The number of oxazole rings is 1. The van der Waals surface area contributed by atoms with Crippen LogP contribution in [0, 0.1) is 0 Å². The molecule has 0 radical (unpaired) electrons. The number of fused-ring (bicyclic) bond motifs is 6. The number of aromatic nitrogens is 1. The predicted molar refractivity (Wildman–Crippen MR) is 130 cm³/mol. The number of rotatable bonds is 2. The lowest BCUT2D eigenvalue weighted by molar-refractivity contribution is -0.682. The zero-order valence-electron chi connectivity index (χ0n) is 17.8. The lowest BCUT2D eigenvalue weighted by Crippen LogP contribution is -2.39. The van der Waals surface area contributed by atoms with Gasteiger partial charge in [-0.25, -0.2) is 0 Å². The van der Waals surface area contributed by atoms with Gasteiger partial charge in [0.2, 0.25) is 5.58 Å². The topological polar surface area (TPSA) is 20.3 Å². The Morgan fingerprint density at radius 2 is 1.78 bits per heavy atom. The summed E-state index contributed by atoms with van der Waals surface area (Å²) in [6.07, 6.45) is 5.73. The zero-order chi connectivity index (χ0) is 21.1. The fraction of sp³-hybridized carbons (Fsp3) is 0.179. The molecule has 0 amide bonds. The molecule has 0 atom stereocenters. The van der Waals surface area contributed by atoms with E-state index in [0.29, 0.717) is 0 Å². The monoisotopic (exact) mass is 435 g/mol. The van der Waals surface area contributed by atoms with Crippen molar-refractivity contribution < 1.29 is 8.98 Å². The summed E-state index contributed by atoms with van der Waals surface area (Å²) in [5, 5.41) is 1.40. The number of aryl methyl sites for hydroxylation is 1. The molecule has 0 N–H and O–H groups in total. The van der Waals surface area contributed by atoms with Crippen LogP contribution >= 0.6 is 11.8 Å². The molecule has 0 saturated carbocycles. The Kier molecular flexibility index (Phi) is 4.09. The quantitative estimate of drug-likeness (QED) is 0.323. The smallest absolute Gasteiger partial charge is 0.377 e. The normalized spacial score (nSPS) is 18.4. The summed E-state index contributed by atoms with van der Waals surface area (Å²) in [6.45, 7) is 2.08. The van der Waals surface area contributed by atoms with Gasteiger partial charge in [0.05, 0.1) is 16.3 Å². The van der Waals surface area contributed by atoms with Gasteiger partial charge in [-0.15, -0.1) is 0 Å². The van der Waals surface area contributed by atoms with E-state index < -0.39 is 0 Å².